The molecule has 0 atom stereocenters. The highest BCUT2D eigenvalue weighted by Gasteiger charge is 2.32. The Labute approximate surface area is 150 Å². The molecule has 0 N–H and O–H groups in total. The van der Waals surface area contributed by atoms with Gasteiger partial charge >= 0.3 is 0 Å². The van der Waals surface area contributed by atoms with Crippen molar-refractivity contribution in [1.29, 1.82) is 0 Å². The Hall–Kier alpha value is -1.80. The third-order valence-electron chi connectivity index (χ3n) is 5.93. The Morgan fingerprint density at radius 1 is 1.08 bits per heavy atom. The summed E-state index contributed by atoms with van der Waals surface area (Å²) in [6, 6.07) is 5.13. The molecule has 4 rings (SSSR count). The molecule has 1 aliphatic heterocycles. The first-order valence-corrected chi connectivity index (χ1v) is 9.80. The second-order valence-corrected chi connectivity index (χ2v) is 7.71. The first-order valence-electron chi connectivity index (χ1n) is 9.80. The molecule has 1 saturated heterocycles. The number of ether oxygens (including phenoxy) is 1. The van der Waals surface area contributed by atoms with Gasteiger partial charge in [-0.3, -0.25) is 4.90 Å². The van der Waals surface area contributed by atoms with Crippen molar-refractivity contribution < 1.29 is 4.74 Å². The molecule has 5 nitrogen and oxygen atoms in total. The second kappa shape index (κ2) is 7.61. The number of nitrogens with zero attached hydrogens (tertiary/aromatic N) is 4. The number of hydrogen-bond acceptors (Lipinski definition) is 4. The minimum Gasteiger partial charge on any atom is -0.489 e. The van der Waals surface area contributed by atoms with E-state index in [0.29, 0.717) is 12.1 Å². The first kappa shape index (κ1) is 16.7. The van der Waals surface area contributed by atoms with Gasteiger partial charge in [0.05, 0.1) is 6.61 Å². The molecule has 0 radical (unpaired) electrons. The van der Waals surface area contributed by atoms with Gasteiger partial charge in [0.25, 0.3) is 12.6 Å². The van der Waals surface area contributed by atoms with Crippen molar-refractivity contribution in [1.82, 2.24) is 9.88 Å². The number of piperazine rings is 1. The van der Waals surface area contributed by atoms with E-state index in [9.17, 15) is 0 Å². The van der Waals surface area contributed by atoms with Crippen molar-refractivity contribution in [2.24, 2.45) is 5.92 Å². The molecule has 3 aliphatic rings. The summed E-state index contributed by atoms with van der Waals surface area (Å²) in [5, 5.41) is 0. The number of pyridine rings is 1. The third kappa shape index (κ3) is 4.07. The van der Waals surface area contributed by atoms with Crippen LogP contribution in [-0.2, 0) is 0 Å². The third-order valence-corrected chi connectivity index (χ3v) is 5.93. The number of aromatic nitrogens is 1. The molecule has 2 saturated carbocycles. The quantitative estimate of drug-likeness (QED) is 0.823. The van der Waals surface area contributed by atoms with Gasteiger partial charge in [-0.05, 0) is 43.7 Å². The van der Waals surface area contributed by atoms with E-state index in [2.05, 4.69) is 25.7 Å². The van der Waals surface area contributed by atoms with E-state index in [-0.39, 0.29) is 0 Å². The summed E-state index contributed by atoms with van der Waals surface area (Å²) in [7, 11) is 0. The maximum atomic E-state index is 6.04. The van der Waals surface area contributed by atoms with E-state index >= 15 is 0 Å². The molecule has 25 heavy (non-hydrogen) atoms. The van der Waals surface area contributed by atoms with E-state index in [1.807, 2.05) is 12.3 Å². The van der Waals surface area contributed by atoms with Crippen LogP contribution in [0.1, 0.15) is 38.5 Å². The molecule has 0 unspecified atom stereocenters. The summed E-state index contributed by atoms with van der Waals surface area (Å²) < 4.78 is 6.04. The Morgan fingerprint density at radius 2 is 1.84 bits per heavy atom. The number of anilines is 1. The monoisotopic (exact) mass is 341 g/mol. The average Bonchev–Trinajstić information content (AvgIpc) is 3.51. The molecule has 2 aliphatic carbocycles. The molecule has 3 fully saturated rings. The summed E-state index contributed by atoms with van der Waals surface area (Å²) in [5.74, 6) is 2.74. The lowest BCUT2D eigenvalue weighted by Gasteiger charge is -2.41. The average molecular weight is 341 g/mol. The Bertz CT molecular complexity index is 608. The topological polar surface area (TPSA) is 33.0 Å². The summed E-state index contributed by atoms with van der Waals surface area (Å²) in [5.41, 5.74) is 0. The first-order chi connectivity index (χ1) is 12.3. The standard InChI is InChI=1S/C20H29N4O/c1-21-17-6-8-18(9-7-17)23-11-13-24(14-12-23)20-19(3-2-10-22-20)25-15-16-4-5-16/h1-3,10,16-18H,4-9,11-15H2/q+1. The SMILES string of the molecule is C#[N+]C1CCC(N2CCN(c3ncccc3OCC3CC3)CC2)CC1. The molecule has 0 amide bonds. The zero-order chi connectivity index (χ0) is 17.1. The minimum atomic E-state index is 0.386. The van der Waals surface area contributed by atoms with Gasteiger partial charge in [-0.1, -0.05) is 4.85 Å². The van der Waals surface area contributed by atoms with E-state index in [4.69, 9.17) is 11.3 Å². The molecular weight excluding hydrogens is 312 g/mol. The van der Waals surface area contributed by atoms with Gasteiger partial charge in [-0.15, -0.1) is 0 Å². The van der Waals surface area contributed by atoms with Crippen LogP contribution in [-0.4, -0.2) is 54.8 Å². The lowest BCUT2D eigenvalue weighted by molar-refractivity contribution is 0.145. The maximum absolute atomic E-state index is 6.04. The fourth-order valence-corrected chi connectivity index (χ4v) is 4.10. The van der Waals surface area contributed by atoms with Crippen molar-refractivity contribution in [2.45, 2.75) is 50.6 Å². The molecule has 0 bridgehead atoms. The predicted octanol–water partition coefficient (Wildman–Crippen LogP) is 3.27. The highest BCUT2D eigenvalue weighted by molar-refractivity contribution is 5.52. The van der Waals surface area contributed by atoms with Gasteiger partial charge in [0.1, 0.15) is 0 Å². The zero-order valence-corrected chi connectivity index (χ0v) is 15.0. The normalized spacial score (nSPS) is 27.7. The lowest BCUT2D eigenvalue weighted by atomic mass is 9.90. The van der Waals surface area contributed by atoms with Crippen molar-refractivity contribution in [3.8, 4) is 12.3 Å². The molecule has 0 aromatic carbocycles. The lowest BCUT2D eigenvalue weighted by Crippen LogP contribution is -2.51. The summed E-state index contributed by atoms with van der Waals surface area (Å²) in [4.78, 5) is 13.6. The van der Waals surface area contributed by atoms with Crippen molar-refractivity contribution in [2.75, 3.05) is 37.7 Å². The van der Waals surface area contributed by atoms with E-state index < -0.39 is 0 Å². The van der Waals surface area contributed by atoms with Crippen LogP contribution < -0.4 is 9.64 Å². The molecule has 1 aromatic rings. The molecule has 5 heteroatoms. The van der Waals surface area contributed by atoms with Crippen molar-refractivity contribution in [3.05, 3.63) is 23.2 Å². The van der Waals surface area contributed by atoms with E-state index in [1.54, 1.807) is 0 Å². The molecular formula is C20H29N4O+. The zero-order valence-electron chi connectivity index (χ0n) is 15.0. The molecule has 2 heterocycles. The highest BCUT2D eigenvalue weighted by atomic mass is 16.5. The van der Waals surface area contributed by atoms with Crippen molar-refractivity contribution in [3.63, 3.8) is 0 Å². The Morgan fingerprint density at radius 3 is 2.52 bits per heavy atom. The molecule has 134 valence electrons. The maximum Gasteiger partial charge on any atom is 0.272 e. The fourth-order valence-electron chi connectivity index (χ4n) is 4.10. The van der Waals surface area contributed by atoms with Crippen LogP contribution in [0.4, 0.5) is 5.82 Å². The second-order valence-electron chi connectivity index (χ2n) is 7.71. The number of rotatable bonds is 5. The number of hydrogen-bond donors (Lipinski definition) is 0. The largest absolute Gasteiger partial charge is 0.489 e. The van der Waals surface area contributed by atoms with Gasteiger partial charge in [-0.2, -0.15) is 0 Å². The van der Waals surface area contributed by atoms with Crippen LogP contribution in [0.2, 0.25) is 0 Å². The molecule has 1 aromatic heterocycles. The van der Waals surface area contributed by atoms with E-state index in [1.165, 1.54) is 25.7 Å². The summed E-state index contributed by atoms with van der Waals surface area (Å²) >= 11 is 0. The molecule has 0 spiro atoms. The predicted molar refractivity (Wildman–Crippen MR) is 101 cm³/mol. The van der Waals surface area contributed by atoms with Crippen LogP contribution >= 0.6 is 0 Å². The highest BCUT2D eigenvalue weighted by Crippen LogP contribution is 2.33. The van der Waals surface area contributed by atoms with Crippen molar-refractivity contribution >= 4 is 5.82 Å². The summed E-state index contributed by atoms with van der Waals surface area (Å²) in [6.07, 6.45) is 9.24. The summed E-state index contributed by atoms with van der Waals surface area (Å²) in [6.45, 7) is 10.6. The van der Waals surface area contributed by atoms with Gasteiger partial charge < -0.3 is 9.64 Å². The van der Waals surface area contributed by atoms with Gasteiger partial charge in [-0.25, -0.2) is 4.98 Å². The van der Waals surface area contributed by atoms with Gasteiger partial charge in [0, 0.05) is 51.3 Å². The van der Waals surface area contributed by atoms with Crippen LogP contribution in [0, 0.1) is 12.5 Å². The fraction of sp³-hybridized carbons (Fsp3) is 0.700. The minimum absolute atomic E-state index is 0.386. The Balaban J connectivity index is 1.32. The van der Waals surface area contributed by atoms with Gasteiger partial charge in [0.15, 0.2) is 11.6 Å². The van der Waals surface area contributed by atoms with Crippen LogP contribution in [0.15, 0.2) is 18.3 Å². The smallest absolute Gasteiger partial charge is 0.272 e. The van der Waals surface area contributed by atoms with Crippen LogP contribution in [0.25, 0.3) is 4.85 Å². The Kier molecular flexibility index (Phi) is 5.07. The van der Waals surface area contributed by atoms with Gasteiger partial charge in [0.2, 0.25) is 0 Å². The van der Waals surface area contributed by atoms with Crippen LogP contribution in [0.3, 0.4) is 0 Å². The van der Waals surface area contributed by atoms with Crippen LogP contribution in [0.5, 0.6) is 5.75 Å². The van der Waals surface area contributed by atoms with E-state index in [0.717, 1.165) is 63.1 Å².